The molecule has 0 atom stereocenters. The summed E-state index contributed by atoms with van der Waals surface area (Å²) < 4.78 is 6.08. The number of amides is 1. The number of carboxylic acid groups (broad SMARTS) is 1. The van der Waals surface area contributed by atoms with Gasteiger partial charge < -0.3 is 15.2 Å². The Morgan fingerprint density at radius 3 is 2.40 bits per heavy atom. The number of ether oxygens (including phenoxy) is 1. The molecule has 5 rings (SSSR count). The van der Waals surface area contributed by atoms with Crippen molar-refractivity contribution in [3.05, 3.63) is 99.6 Å². The summed E-state index contributed by atoms with van der Waals surface area (Å²) in [6.07, 6.45) is 1.76. The number of aromatic nitrogens is 1. The first-order chi connectivity index (χ1) is 19.8. The number of nitrogens with one attached hydrogen (secondary N) is 1. The number of aromatic carboxylic acids is 1. The van der Waals surface area contributed by atoms with Crippen LogP contribution in [-0.2, 0) is 6.54 Å². The zero-order valence-corrected chi connectivity index (χ0v) is 25.8. The van der Waals surface area contributed by atoms with E-state index in [1.165, 1.54) is 0 Å². The molecule has 1 aromatic heterocycles. The average Bonchev–Trinajstić information content (AvgIpc) is 3.43. The van der Waals surface area contributed by atoms with Gasteiger partial charge in [-0.2, -0.15) is 0 Å². The Labute approximate surface area is 260 Å². The minimum absolute atomic E-state index is 0. The van der Waals surface area contributed by atoms with Crippen LogP contribution in [0, 0.1) is 0 Å². The van der Waals surface area contributed by atoms with Gasteiger partial charge in [0.2, 0.25) is 0 Å². The summed E-state index contributed by atoms with van der Waals surface area (Å²) >= 11 is 8.12. The highest BCUT2D eigenvalue weighted by atomic mass is 35.5. The Morgan fingerprint density at radius 1 is 1.07 bits per heavy atom. The van der Waals surface area contributed by atoms with Crippen molar-refractivity contribution in [2.24, 2.45) is 0 Å². The maximum atomic E-state index is 13.4. The fourth-order valence-electron chi connectivity index (χ4n) is 4.78. The van der Waals surface area contributed by atoms with Gasteiger partial charge in [-0.15, -0.1) is 23.7 Å². The first-order valence-corrected chi connectivity index (χ1v) is 14.8. The van der Waals surface area contributed by atoms with E-state index in [1.807, 2.05) is 48.5 Å². The van der Waals surface area contributed by atoms with Gasteiger partial charge in [-0.1, -0.05) is 55.8 Å². The van der Waals surface area contributed by atoms with Gasteiger partial charge in [0, 0.05) is 36.3 Å². The molecule has 42 heavy (non-hydrogen) atoms. The molecular weight excluding hydrogens is 593 g/mol. The van der Waals surface area contributed by atoms with Crippen molar-refractivity contribution in [3.8, 4) is 16.2 Å². The summed E-state index contributed by atoms with van der Waals surface area (Å²) in [6, 6.07) is 22.0. The van der Waals surface area contributed by atoms with Crippen molar-refractivity contribution in [3.63, 3.8) is 0 Å². The second kappa shape index (κ2) is 14.2. The van der Waals surface area contributed by atoms with E-state index < -0.39 is 5.97 Å². The third kappa shape index (κ3) is 7.69. The standard InChI is InChI=1S/C32H32ClN3O4S.ClH/c1-20(2)31-35-28(29(41-31)21-6-4-3-5-7-21)30(37)34-24-10-13-27(33)23(18-24)19-36-16-14-26(15-17-36)40-25-11-8-22(9-12-25)32(38)39;/h3-13,18,20,26H,14-17,19H2,1-2H3,(H,34,37)(H,38,39);1H. The zero-order chi connectivity index (χ0) is 28.9. The van der Waals surface area contributed by atoms with Gasteiger partial charge in [-0.05, 0) is 66.4 Å². The third-order valence-corrected chi connectivity index (χ3v) is 8.80. The molecule has 4 aromatic rings. The SMILES string of the molecule is CC(C)c1nc(C(=O)Nc2ccc(Cl)c(CN3CCC(Oc4ccc(C(=O)O)cc4)CC3)c2)c(-c2ccccc2)s1.Cl. The summed E-state index contributed by atoms with van der Waals surface area (Å²) in [4.78, 5) is 32.4. The molecule has 1 amide bonds. The lowest BCUT2D eigenvalue weighted by atomic mass is 10.1. The van der Waals surface area contributed by atoms with Gasteiger partial charge in [0.15, 0.2) is 0 Å². The second-order valence-electron chi connectivity index (χ2n) is 10.4. The predicted octanol–water partition coefficient (Wildman–Crippen LogP) is 8.00. The summed E-state index contributed by atoms with van der Waals surface area (Å²) in [7, 11) is 0. The van der Waals surface area contributed by atoms with E-state index in [-0.39, 0.29) is 35.9 Å². The zero-order valence-electron chi connectivity index (χ0n) is 23.4. The number of halogens is 2. The minimum Gasteiger partial charge on any atom is -0.490 e. The van der Waals surface area contributed by atoms with Crippen LogP contribution in [0.2, 0.25) is 5.02 Å². The number of carboxylic acids is 1. The molecule has 0 unspecified atom stereocenters. The lowest BCUT2D eigenvalue weighted by Crippen LogP contribution is -2.37. The van der Waals surface area contributed by atoms with Gasteiger partial charge in [-0.25, -0.2) is 9.78 Å². The molecule has 0 aliphatic carbocycles. The van der Waals surface area contributed by atoms with Crippen molar-refractivity contribution in [2.45, 2.75) is 45.3 Å². The molecule has 1 fully saturated rings. The first-order valence-electron chi connectivity index (χ1n) is 13.6. The minimum atomic E-state index is -0.951. The normalized spacial score (nSPS) is 13.9. The van der Waals surface area contributed by atoms with E-state index in [0.29, 0.717) is 28.7 Å². The van der Waals surface area contributed by atoms with Crippen LogP contribution in [0.25, 0.3) is 10.4 Å². The Kier molecular flexibility index (Phi) is 10.6. The van der Waals surface area contributed by atoms with Crippen LogP contribution < -0.4 is 10.1 Å². The van der Waals surface area contributed by atoms with E-state index in [4.69, 9.17) is 26.4 Å². The number of thiazole rings is 1. The molecule has 1 saturated heterocycles. The molecule has 2 heterocycles. The highest BCUT2D eigenvalue weighted by Gasteiger charge is 2.23. The van der Waals surface area contributed by atoms with Gasteiger partial charge in [0.1, 0.15) is 17.5 Å². The number of hydrogen-bond acceptors (Lipinski definition) is 6. The Morgan fingerprint density at radius 2 is 1.76 bits per heavy atom. The third-order valence-electron chi connectivity index (χ3n) is 7.02. The molecule has 0 saturated carbocycles. The van der Waals surface area contributed by atoms with Crippen molar-refractivity contribution in [1.29, 1.82) is 0 Å². The molecule has 0 bridgehead atoms. The molecule has 3 aromatic carbocycles. The number of benzene rings is 3. The van der Waals surface area contributed by atoms with Crippen LogP contribution in [0.15, 0.2) is 72.8 Å². The van der Waals surface area contributed by atoms with Gasteiger partial charge in [0.25, 0.3) is 5.91 Å². The fourth-order valence-corrected chi connectivity index (χ4v) is 6.03. The van der Waals surface area contributed by atoms with Crippen LogP contribution in [0.4, 0.5) is 5.69 Å². The van der Waals surface area contributed by atoms with Crippen LogP contribution in [-0.4, -0.2) is 46.1 Å². The smallest absolute Gasteiger partial charge is 0.335 e. The monoisotopic (exact) mass is 625 g/mol. The van der Waals surface area contributed by atoms with Crippen molar-refractivity contribution in [2.75, 3.05) is 18.4 Å². The number of carbonyl (C=O) groups excluding carboxylic acids is 1. The number of hydrogen-bond donors (Lipinski definition) is 2. The molecule has 1 aliphatic heterocycles. The number of anilines is 1. The Balaban J connectivity index is 0.00000405. The summed E-state index contributed by atoms with van der Waals surface area (Å²) in [5, 5.41) is 13.7. The van der Waals surface area contributed by atoms with Crippen LogP contribution in [0.1, 0.15) is 64.0 Å². The molecule has 2 N–H and O–H groups in total. The fraction of sp³-hybridized carbons (Fsp3) is 0.281. The van der Waals surface area contributed by atoms with Gasteiger partial charge in [0.05, 0.1) is 15.4 Å². The maximum absolute atomic E-state index is 13.4. The second-order valence-corrected chi connectivity index (χ2v) is 11.9. The van der Waals surface area contributed by atoms with Gasteiger partial charge in [-0.3, -0.25) is 9.69 Å². The van der Waals surface area contributed by atoms with E-state index in [9.17, 15) is 9.59 Å². The van der Waals surface area contributed by atoms with E-state index in [0.717, 1.165) is 46.9 Å². The molecule has 0 spiro atoms. The van der Waals surface area contributed by atoms with Crippen LogP contribution in [0.3, 0.4) is 0 Å². The number of piperidine rings is 1. The number of rotatable bonds is 9. The average molecular weight is 627 g/mol. The largest absolute Gasteiger partial charge is 0.490 e. The van der Waals surface area contributed by atoms with Crippen molar-refractivity contribution >= 4 is 52.9 Å². The van der Waals surface area contributed by atoms with Crippen LogP contribution >= 0.6 is 35.3 Å². The molecule has 1 aliphatic rings. The quantitative estimate of drug-likeness (QED) is 0.196. The van der Waals surface area contributed by atoms with E-state index in [1.54, 1.807) is 35.6 Å². The van der Waals surface area contributed by atoms with E-state index >= 15 is 0 Å². The number of nitrogens with zero attached hydrogens (tertiary/aromatic N) is 2. The number of carbonyl (C=O) groups is 2. The topological polar surface area (TPSA) is 91.8 Å². The molecule has 10 heteroatoms. The maximum Gasteiger partial charge on any atom is 0.335 e. The highest BCUT2D eigenvalue weighted by Crippen LogP contribution is 2.34. The Bertz CT molecular complexity index is 1520. The summed E-state index contributed by atoms with van der Waals surface area (Å²) in [6.45, 7) is 6.48. The highest BCUT2D eigenvalue weighted by molar-refractivity contribution is 7.15. The lowest BCUT2D eigenvalue weighted by Gasteiger charge is -2.32. The van der Waals surface area contributed by atoms with Crippen molar-refractivity contribution in [1.82, 2.24) is 9.88 Å². The van der Waals surface area contributed by atoms with E-state index in [2.05, 4.69) is 24.1 Å². The predicted molar refractivity (Wildman–Crippen MR) is 171 cm³/mol. The summed E-state index contributed by atoms with van der Waals surface area (Å²) in [5.41, 5.74) is 3.27. The number of likely N-dealkylation sites (tertiary alicyclic amines) is 1. The van der Waals surface area contributed by atoms with Crippen molar-refractivity contribution < 1.29 is 19.4 Å². The van der Waals surface area contributed by atoms with Gasteiger partial charge >= 0.3 is 5.97 Å². The Hall–Kier alpha value is -3.43. The lowest BCUT2D eigenvalue weighted by molar-refractivity contribution is 0.0696. The van der Waals surface area contributed by atoms with Crippen LogP contribution in [0.5, 0.6) is 5.75 Å². The molecular formula is C32H33Cl2N3O4S. The molecule has 0 radical (unpaired) electrons. The molecule has 7 nitrogen and oxygen atoms in total. The first kappa shape index (κ1) is 31.5. The molecule has 220 valence electrons. The summed E-state index contributed by atoms with van der Waals surface area (Å²) in [5.74, 6) is -0.295.